The zero-order valence-electron chi connectivity index (χ0n) is 7.55. The summed E-state index contributed by atoms with van der Waals surface area (Å²) in [5.41, 5.74) is 6.28. The molecular weight excluding hydrogens is 166 g/mol. The van der Waals surface area contributed by atoms with Gasteiger partial charge in [-0.25, -0.2) is 0 Å². The summed E-state index contributed by atoms with van der Waals surface area (Å²) in [5.74, 6) is 0. The number of rotatable bonds is 5. The van der Waals surface area contributed by atoms with Crippen molar-refractivity contribution in [3.8, 4) is 0 Å². The Kier molecular flexibility index (Phi) is 4.21. The van der Waals surface area contributed by atoms with Crippen molar-refractivity contribution in [3.63, 3.8) is 0 Å². The Bertz CT molecular complexity index is 295. The Morgan fingerprint density at radius 3 is 3.08 bits per heavy atom. The minimum atomic E-state index is -0.0573. The number of hydrogen-bond acceptors (Lipinski definition) is 3. The SMILES string of the molecule is NCCCNCc1cc[nH]c(=O)c1. The molecule has 0 saturated heterocycles. The first-order chi connectivity index (χ1) is 6.33. The molecule has 4 nitrogen and oxygen atoms in total. The standard InChI is InChI=1S/C9H15N3O/c10-3-1-4-11-7-8-2-5-12-9(13)6-8/h2,5-6,11H,1,3-4,7,10H2,(H,12,13). The molecule has 4 heteroatoms. The maximum atomic E-state index is 10.9. The zero-order valence-corrected chi connectivity index (χ0v) is 7.55. The average Bonchev–Trinajstić information content (AvgIpc) is 2.13. The normalized spacial score (nSPS) is 10.2. The van der Waals surface area contributed by atoms with Gasteiger partial charge in [-0.1, -0.05) is 0 Å². The summed E-state index contributed by atoms with van der Waals surface area (Å²) in [6.07, 6.45) is 2.62. The van der Waals surface area contributed by atoms with Crippen molar-refractivity contribution in [1.29, 1.82) is 0 Å². The van der Waals surface area contributed by atoms with Gasteiger partial charge in [0.15, 0.2) is 0 Å². The van der Waals surface area contributed by atoms with Crippen LogP contribution >= 0.6 is 0 Å². The van der Waals surface area contributed by atoms with E-state index in [9.17, 15) is 4.79 Å². The third kappa shape index (κ3) is 3.87. The van der Waals surface area contributed by atoms with Gasteiger partial charge < -0.3 is 16.0 Å². The van der Waals surface area contributed by atoms with E-state index in [1.807, 2.05) is 6.07 Å². The molecule has 0 aliphatic heterocycles. The highest BCUT2D eigenvalue weighted by Crippen LogP contribution is 1.91. The molecule has 1 heterocycles. The zero-order chi connectivity index (χ0) is 9.52. The van der Waals surface area contributed by atoms with Crippen molar-refractivity contribution in [2.75, 3.05) is 13.1 Å². The van der Waals surface area contributed by atoms with Crippen molar-refractivity contribution < 1.29 is 0 Å². The Balaban J connectivity index is 2.33. The molecule has 0 radical (unpaired) electrons. The minimum Gasteiger partial charge on any atom is -0.330 e. The van der Waals surface area contributed by atoms with E-state index in [0.717, 1.165) is 25.1 Å². The lowest BCUT2D eigenvalue weighted by Crippen LogP contribution is -2.18. The molecule has 0 aliphatic carbocycles. The van der Waals surface area contributed by atoms with Gasteiger partial charge in [0.05, 0.1) is 0 Å². The second-order valence-corrected chi connectivity index (χ2v) is 2.88. The van der Waals surface area contributed by atoms with Gasteiger partial charge in [0.25, 0.3) is 0 Å². The number of nitrogens with two attached hydrogens (primary N) is 1. The predicted molar refractivity (Wildman–Crippen MR) is 52.4 cm³/mol. The minimum absolute atomic E-state index is 0.0573. The lowest BCUT2D eigenvalue weighted by Gasteiger charge is -2.02. The van der Waals surface area contributed by atoms with Gasteiger partial charge in [-0.05, 0) is 31.1 Å². The first-order valence-corrected chi connectivity index (χ1v) is 4.41. The fourth-order valence-corrected chi connectivity index (χ4v) is 1.06. The van der Waals surface area contributed by atoms with Gasteiger partial charge in [-0.2, -0.15) is 0 Å². The van der Waals surface area contributed by atoms with Gasteiger partial charge >= 0.3 is 0 Å². The van der Waals surface area contributed by atoms with Gasteiger partial charge in [0, 0.05) is 18.8 Å². The van der Waals surface area contributed by atoms with Crippen LogP contribution < -0.4 is 16.6 Å². The van der Waals surface area contributed by atoms with Crippen LogP contribution in [0.2, 0.25) is 0 Å². The van der Waals surface area contributed by atoms with E-state index in [0.29, 0.717) is 6.54 Å². The van der Waals surface area contributed by atoms with Gasteiger partial charge in [0.1, 0.15) is 0 Å². The molecule has 72 valence electrons. The van der Waals surface area contributed by atoms with E-state index in [4.69, 9.17) is 5.73 Å². The number of hydrogen-bond donors (Lipinski definition) is 3. The fourth-order valence-electron chi connectivity index (χ4n) is 1.06. The van der Waals surface area contributed by atoms with Crippen molar-refractivity contribution in [2.45, 2.75) is 13.0 Å². The molecule has 0 unspecified atom stereocenters. The van der Waals surface area contributed by atoms with Gasteiger partial charge in [-0.3, -0.25) is 4.79 Å². The summed E-state index contributed by atoms with van der Waals surface area (Å²) in [6.45, 7) is 2.32. The van der Waals surface area contributed by atoms with Crippen LogP contribution in [-0.2, 0) is 6.54 Å². The molecule has 1 rings (SSSR count). The Labute approximate surface area is 77.2 Å². The molecule has 4 N–H and O–H groups in total. The van der Waals surface area contributed by atoms with Crippen molar-refractivity contribution in [3.05, 3.63) is 34.2 Å². The molecule has 0 amide bonds. The van der Waals surface area contributed by atoms with Crippen LogP contribution in [0.4, 0.5) is 0 Å². The van der Waals surface area contributed by atoms with Crippen LogP contribution in [0.3, 0.4) is 0 Å². The molecule has 0 atom stereocenters. The fraction of sp³-hybridized carbons (Fsp3) is 0.444. The predicted octanol–water partition coefficient (Wildman–Crippen LogP) is -0.187. The largest absolute Gasteiger partial charge is 0.330 e. The highest BCUT2D eigenvalue weighted by Gasteiger charge is 1.91. The number of aromatic nitrogens is 1. The highest BCUT2D eigenvalue weighted by molar-refractivity contribution is 5.09. The third-order valence-corrected chi connectivity index (χ3v) is 1.73. The summed E-state index contributed by atoms with van der Waals surface area (Å²) < 4.78 is 0. The summed E-state index contributed by atoms with van der Waals surface area (Å²) in [4.78, 5) is 13.4. The molecule has 0 fully saturated rings. The van der Waals surface area contributed by atoms with E-state index in [1.54, 1.807) is 12.3 Å². The topological polar surface area (TPSA) is 70.9 Å². The lowest BCUT2D eigenvalue weighted by atomic mass is 10.2. The maximum absolute atomic E-state index is 10.9. The smallest absolute Gasteiger partial charge is 0.248 e. The van der Waals surface area contributed by atoms with Crippen LogP contribution in [0, 0.1) is 0 Å². The van der Waals surface area contributed by atoms with Crippen molar-refractivity contribution >= 4 is 0 Å². The quantitative estimate of drug-likeness (QED) is 0.551. The molecule has 1 aromatic heterocycles. The summed E-state index contributed by atoms with van der Waals surface area (Å²) in [7, 11) is 0. The lowest BCUT2D eigenvalue weighted by molar-refractivity contribution is 0.654. The first-order valence-electron chi connectivity index (χ1n) is 4.41. The van der Waals surface area contributed by atoms with Gasteiger partial charge in [-0.15, -0.1) is 0 Å². The van der Waals surface area contributed by atoms with E-state index in [-0.39, 0.29) is 5.56 Å². The number of nitrogens with one attached hydrogen (secondary N) is 2. The molecule has 13 heavy (non-hydrogen) atoms. The van der Waals surface area contributed by atoms with Crippen molar-refractivity contribution in [1.82, 2.24) is 10.3 Å². The monoisotopic (exact) mass is 181 g/mol. The molecule has 0 saturated carbocycles. The summed E-state index contributed by atoms with van der Waals surface area (Å²) in [6, 6.07) is 3.48. The molecular formula is C9H15N3O. The Morgan fingerprint density at radius 1 is 1.54 bits per heavy atom. The van der Waals surface area contributed by atoms with E-state index in [2.05, 4.69) is 10.3 Å². The van der Waals surface area contributed by atoms with Crippen LogP contribution in [0.1, 0.15) is 12.0 Å². The van der Waals surface area contributed by atoms with Gasteiger partial charge in [0.2, 0.25) is 5.56 Å². The van der Waals surface area contributed by atoms with Crippen LogP contribution in [0.25, 0.3) is 0 Å². The number of pyridine rings is 1. The molecule has 0 spiro atoms. The second-order valence-electron chi connectivity index (χ2n) is 2.88. The summed E-state index contributed by atoms with van der Waals surface area (Å²) in [5, 5.41) is 3.20. The van der Waals surface area contributed by atoms with E-state index < -0.39 is 0 Å². The molecule has 0 bridgehead atoms. The maximum Gasteiger partial charge on any atom is 0.248 e. The summed E-state index contributed by atoms with van der Waals surface area (Å²) >= 11 is 0. The molecule has 0 aromatic carbocycles. The highest BCUT2D eigenvalue weighted by atomic mass is 16.1. The average molecular weight is 181 g/mol. The first kappa shape index (κ1) is 9.95. The number of H-pyrrole nitrogens is 1. The van der Waals surface area contributed by atoms with E-state index in [1.165, 1.54) is 0 Å². The third-order valence-electron chi connectivity index (χ3n) is 1.73. The number of aromatic amines is 1. The van der Waals surface area contributed by atoms with Crippen LogP contribution in [-0.4, -0.2) is 18.1 Å². The second kappa shape index (κ2) is 5.50. The van der Waals surface area contributed by atoms with E-state index >= 15 is 0 Å². The molecule has 0 aliphatic rings. The Morgan fingerprint density at radius 2 is 2.38 bits per heavy atom. The molecule has 1 aromatic rings. The van der Waals surface area contributed by atoms with Crippen LogP contribution in [0.15, 0.2) is 23.1 Å². The van der Waals surface area contributed by atoms with Crippen LogP contribution in [0.5, 0.6) is 0 Å². The Hall–Kier alpha value is -1.13. The van der Waals surface area contributed by atoms with Crippen molar-refractivity contribution in [2.24, 2.45) is 5.73 Å².